The summed E-state index contributed by atoms with van der Waals surface area (Å²) in [6.45, 7) is 3.78. The van der Waals surface area contributed by atoms with Crippen LogP contribution in [0.2, 0.25) is 0 Å². The van der Waals surface area contributed by atoms with Crippen LogP contribution in [-0.4, -0.2) is 9.97 Å². The van der Waals surface area contributed by atoms with Gasteiger partial charge in [-0.2, -0.15) is 0 Å². The second-order valence-electron chi connectivity index (χ2n) is 6.19. The number of hydrogen-bond donors (Lipinski definition) is 2. The molecular weight excluding hydrogens is 329 g/mol. The molecule has 0 amide bonds. The van der Waals surface area contributed by atoms with Crippen LogP contribution in [0, 0.1) is 12.7 Å². The molecular formula is C21H20FN3O. The fourth-order valence-corrected chi connectivity index (χ4v) is 2.81. The molecule has 4 nitrogen and oxygen atoms in total. The summed E-state index contributed by atoms with van der Waals surface area (Å²) in [4.78, 5) is 18.6. The minimum Gasteiger partial charge on any atom is -0.369 e. The van der Waals surface area contributed by atoms with E-state index >= 15 is 0 Å². The summed E-state index contributed by atoms with van der Waals surface area (Å²) in [5.74, 6) is -0.111. The van der Waals surface area contributed by atoms with Crippen LogP contribution in [0.1, 0.15) is 23.7 Å². The summed E-state index contributed by atoms with van der Waals surface area (Å²) in [5, 5.41) is 0. The SMILES string of the molecule is C/C(=C\Cc1c(C)nc(N)[nH]c1=O)c1ccc(-c2ccc(F)cc2)cc1. The second-order valence-corrected chi connectivity index (χ2v) is 6.19. The Kier molecular flexibility index (Phi) is 4.98. The zero-order chi connectivity index (χ0) is 18.7. The fraction of sp³-hybridized carbons (Fsp3) is 0.143. The Hall–Kier alpha value is -3.21. The molecule has 5 heteroatoms. The lowest BCUT2D eigenvalue weighted by molar-refractivity contribution is 0.628. The van der Waals surface area contributed by atoms with Crippen LogP contribution in [0.4, 0.5) is 10.3 Å². The van der Waals surface area contributed by atoms with Crippen LogP contribution in [0.25, 0.3) is 16.7 Å². The number of nitrogen functional groups attached to an aromatic ring is 1. The molecule has 0 fully saturated rings. The van der Waals surface area contributed by atoms with Crippen molar-refractivity contribution in [2.75, 3.05) is 5.73 Å². The lowest BCUT2D eigenvalue weighted by atomic mass is 10.00. The number of aromatic nitrogens is 2. The fourth-order valence-electron chi connectivity index (χ4n) is 2.81. The first kappa shape index (κ1) is 17.6. The quantitative estimate of drug-likeness (QED) is 0.744. The maximum atomic E-state index is 13.0. The molecule has 0 atom stereocenters. The van der Waals surface area contributed by atoms with E-state index in [1.807, 2.05) is 37.3 Å². The summed E-state index contributed by atoms with van der Waals surface area (Å²) in [5.41, 5.74) is 10.7. The van der Waals surface area contributed by atoms with Crippen molar-refractivity contribution < 1.29 is 4.39 Å². The van der Waals surface area contributed by atoms with E-state index < -0.39 is 0 Å². The van der Waals surface area contributed by atoms with Crippen molar-refractivity contribution in [1.82, 2.24) is 9.97 Å². The summed E-state index contributed by atoms with van der Waals surface area (Å²) in [6.07, 6.45) is 2.49. The molecule has 132 valence electrons. The van der Waals surface area contributed by atoms with E-state index in [9.17, 15) is 9.18 Å². The standard InChI is InChI=1S/C21H20FN3O/c1-13(3-12-19-14(2)24-21(23)25-20(19)26)15-4-6-16(7-5-15)17-8-10-18(22)11-9-17/h3-11H,12H2,1-2H3,(H3,23,24,25,26)/b13-3+. The third-order valence-electron chi connectivity index (χ3n) is 4.37. The smallest absolute Gasteiger partial charge is 0.256 e. The van der Waals surface area contributed by atoms with Gasteiger partial charge in [-0.15, -0.1) is 0 Å². The number of halogens is 1. The molecule has 0 aliphatic carbocycles. The van der Waals surface area contributed by atoms with Gasteiger partial charge in [0, 0.05) is 5.56 Å². The second kappa shape index (κ2) is 7.35. The van der Waals surface area contributed by atoms with Gasteiger partial charge in [0.05, 0.1) is 5.69 Å². The van der Waals surface area contributed by atoms with Crippen molar-refractivity contribution in [2.45, 2.75) is 20.3 Å². The highest BCUT2D eigenvalue weighted by Crippen LogP contribution is 2.23. The Balaban J connectivity index is 1.80. The van der Waals surface area contributed by atoms with Crippen LogP contribution < -0.4 is 11.3 Å². The highest BCUT2D eigenvalue weighted by atomic mass is 19.1. The Labute approximate surface area is 151 Å². The number of nitrogens with zero attached hydrogens (tertiary/aromatic N) is 1. The van der Waals surface area contributed by atoms with E-state index in [4.69, 9.17) is 5.73 Å². The zero-order valence-electron chi connectivity index (χ0n) is 14.7. The normalized spacial score (nSPS) is 11.6. The molecule has 26 heavy (non-hydrogen) atoms. The lowest BCUT2D eigenvalue weighted by Crippen LogP contribution is -2.18. The van der Waals surface area contributed by atoms with Crippen LogP contribution in [-0.2, 0) is 6.42 Å². The highest BCUT2D eigenvalue weighted by Gasteiger charge is 2.06. The van der Waals surface area contributed by atoms with Crippen LogP contribution in [0.5, 0.6) is 0 Å². The molecule has 0 saturated carbocycles. The molecule has 3 rings (SSSR count). The maximum absolute atomic E-state index is 13.0. The summed E-state index contributed by atoms with van der Waals surface area (Å²) < 4.78 is 13.0. The number of allylic oxidation sites excluding steroid dienone is 2. The van der Waals surface area contributed by atoms with Crippen molar-refractivity contribution in [2.24, 2.45) is 0 Å². The zero-order valence-corrected chi connectivity index (χ0v) is 14.7. The molecule has 1 aromatic heterocycles. The van der Waals surface area contributed by atoms with Gasteiger partial charge in [0.2, 0.25) is 5.95 Å². The highest BCUT2D eigenvalue weighted by molar-refractivity contribution is 5.69. The molecule has 0 saturated heterocycles. The van der Waals surface area contributed by atoms with Gasteiger partial charge in [0.25, 0.3) is 5.56 Å². The molecule has 0 bridgehead atoms. The number of benzene rings is 2. The number of hydrogen-bond acceptors (Lipinski definition) is 3. The molecule has 0 unspecified atom stereocenters. The van der Waals surface area contributed by atoms with Gasteiger partial charge < -0.3 is 5.73 Å². The van der Waals surface area contributed by atoms with E-state index in [-0.39, 0.29) is 17.3 Å². The number of nitrogens with one attached hydrogen (secondary N) is 1. The molecule has 0 spiro atoms. The van der Waals surface area contributed by atoms with E-state index in [0.717, 1.165) is 22.3 Å². The minimum atomic E-state index is -0.244. The first-order valence-electron chi connectivity index (χ1n) is 8.32. The van der Waals surface area contributed by atoms with Gasteiger partial charge in [-0.3, -0.25) is 9.78 Å². The van der Waals surface area contributed by atoms with E-state index in [1.165, 1.54) is 12.1 Å². The van der Waals surface area contributed by atoms with Crippen molar-refractivity contribution in [1.29, 1.82) is 0 Å². The number of H-pyrrole nitrogens is 1. The third-order valence-corrected chi connectivity index (χ3v) is 4.37. The predicted molar refractivity (Wildman–Crippen MR) is 103 cm³/mol. The number of nitrogens with two attached hydrogens (primary N) is 1. The Morgan fingerprint density at radius 2 is 1.69 bits per heavy atom. The molecule has 0 radical (unpaired) electrons. The van der Waals surface area contributed by atoms with Crippen LogP contribution >= 0.6 is 0 Å². The van der Waals surface area contributed by atoms with Crippen molar-refractivity contribution in [3.63, 3.8) is 0 Å². The average Bonchev–Trinajstić information content (AvgIpc) is 2.61. The van der Waals surface area contributed by atoms with Gasteiger partial charge in [-0.25, -0.2) is 9.37 Å². The molecule has 1 heterocycles. The number of anilines is 1. The molecule has 0 aliphatic rings. The van der Waals surface area contributed by atoms with Crippen molar-refractivity contribution in [3.05, 3.63) is 87.6 Å². The first-order valence-corrected chi connectivity index (χ1v) is 8.32. The molecule has 0 aliphatic heterocycles. The number of rotatable bonds is 4. The van der Waals surface area contributed by atoms with Gasteiger partial charge in [-0.1, -0.05) is 42.5 Å². The number of aryl methyl sites for hydroxylation is 1. The van der Waals surface area contributed by atoms with Gasteiger partial charge >= 0.3 is 0 Å². The molecule has 3 N–H and O–H groups in total. The summed E-state index contributed by atoms with van der Waals surface area (Å²) >= 11 is 0. The summed E-state index contributed by atoms with van der Waals surface area (Å²) in [6, 6.07) is 14.5. The molecule has 3 aromatic rings. The van der Waals surface area contributed by atoms with E-state index in [2.05, 4.69) is 9.97 Å². The van der Waals surface area contributed by atoms with E-state index in [0.29, 0.717) is 17.7 Å². The van der Waals surface area contributed by atoms with Crippen LogP contribution in [0.3, 0.4) is 0 Å². The van der Waals surface area contributed by atoms with E-state index in [1.54, 1.807) is 19.1 Å². The Bertz CT molecular complexity index is 1000. The van der Waals surface area contributed by atoms with Gasteiger partial charge in [0.15, 0.2) is 0 Å². The third kappa shape index (κ3) is 3.88. The predicted octanol–water partition coefficient (Wildman–Crippen LogP) is 4.11. The first-order chi connectivity index (χ1) is 12.4. The van der Waals surface area contributed by atoms with Crippen LogP contribution in [0.15, 0.2) is 59.4 Å². The summed E-state index contributed by atoms with van der Waals surface area (Å²) in [7, 11) is 0. The van der Waals surface area contributed by atoms with Gasteiger partial charge in [0.1, 0.15) is 5.82 Å². The number of aromatic amines is 1. The average molecular weight is 349 g/mol. The minimum absolute atomic E-state index is 0.133. The Morgan fingerprint density at radius 3 is 2.27 bits per heavy atom. The largest absolute Gasteiger partial charge is 0.369 e. The lowest BCUT2D eigenvalue weighted by Gasteiger charge is -2.06. The topological polar surface area (TPSA) is 71.8 Å². The van der Waals surface area contributed by atoms with Crippen molar-refractivity contribution >= 4 is 11.5 Å². The molecule has 2 aromatic carbocycles. The Morgan fingerprint density at radius 1 is 1.12 bits per heavy atom. The maximum Gasteiger partial charge on any atom is 0.256 e. The monoisotopic (exact) mass is 349 g/mol. The van der Waals surface area contributed by atoms with Gasteiger partial charge in [-0.05, 0) is 54.7 Å². The van der Waals surface area contributed by atoms with Crippen molar-refractivity contribution in [3.8, 4) is 11.1 Å².